The summed E-state index contributed by atoms with van der Waals surface area (Å²) < 4.78 is 0. The number of terminal acetylenes is 1. The molecular formula is C14H12. The van der Waals surface area contributed by atoms with Gasteiger partial charge in [-0.05, 0) is 24.1 Å². The minimum Gasteiger partial charge on any atom is -0.120 e. The lowest BCUT2D eigenvalue weighted by atomic mass is 10.0. The molecule has 1 aromatic carbocycles. The van der Waals surface area contributed by atoms with Crippen molar-refractivity contribution in [2.45, 2.75) is 6.92 Å². The standard InChI is InChI=1S/C14H12/c1-4-12(3)11-13(5-2)14-9-7-6-8-10-14/h1,6-11H,2H2,3H3/b12-11+. The molecule has 0 spiro atoms. The van der Waals surface area contributed by atoms with Crippen LogP contribution in [-0.4, -0.2) is 0 Å². The van der Waals surface area contributed by atoms with E-state index in [1.165, 1.54) is 0 Å². The van der Waals surface area contributed by atoms with Crippen molar-refractivity contribution >= 4 is 5.57 Å². The first-order valence-corrected chi connectivity index (χ1v) is 4.38. The van der Waals surface area contributed by atoms with Crippen LogP contribution in [0.3, 0.4) is 0 Å². The molecule has 0 aliphatic carbocycles. The average molecular weight is 180 g/mol. The van der Waals surface area contributed by atoms with Gasteiger partial charge in [-0.1, -0.05) is 42.8 Å². The second kappa shape index (κ2) is 4.92. The molecule has 0 heteroatoms. The molecule has 1 rings (SSSR count). The van der Waals surface area contributed by atoms with E-state index in [1.54, 1.807) is 0 Å². The number of benzene rings is 1. The van der Waals surface area contributed by atoms with Crippen molar-refractivity contribution in [3.8, 4) is 12.3 Å². The van der Waals surface area contributed by atoms with Crippen molar-refractivity contribution in [3.63, 3.8) is 0 Å². The van der Waals surface area contributed by atoms with Crippen molar-refractivity contribution in [3.05, 3.63) is 59.9 Å². The Hall–Kier alpha value is -1.96. The predicted octanol–water partition coefficient (Wildman–Crippen LogP) is 3.43. The van der Waals surface area contributed by atoms with Gasteiger partial charge in [-0.25, -0.2) is 0 Å². The zero-order valence-corrected chi connectivity index (χ0v) is 8.25. The average Bonchev–Trinajstić information content (AvgIpc) is 2.26. The van der Waals surface area contributed by atoms with Crippen LogP contribution < -0.4 is 0 Å². The fraction of sp³-hybridized carbons (Fsp3) is 0.0714. The zero-order chi connectivity index (χ0) is 10.4. The van der Waals surface area contributed by atoms with Crippen LogP contribution in [0.5, 0.6) is 0 Å². The largest absolute Gasteiger partial charge is 0.120 e. The molecule has 0 aliphatic heterocycles. The van der Waals surface area contributed by atoms with Crippen molar-refractivity contribution in [1.29, 1.82) is 0 Å². The van der Waals surface area contributed by atoms with E-state index < -0.39 is 0 Å². The Labute approximate surface area is 85.3 Å². The number of hydrogen-bond acceptors (Lipinski definition) is 0. The smallest absolute Gasteiger partial charge is 0.0239 e. The SMILES string of the molecule is C#C/C(C)=C/C(=C=C)c1ccccc1. The van der Waals surface area contributed by atoms with Gasteiger partial charge in [-0.15, -0.1) is 12.2 Å². The summed E-state index contributed by atoms with van der Waals surface area (Å²) in [6.45, 7) is 5.54. The summed E-state index contributed by atoms with van der Waals surface area (Å²) in [5.74, 6) is 2.57. The maximum atomic E-state index is 5.27. The normalized spacial score (nSPS) is 10.1. The molecule has 1 aromatic rings. The molecule has 0 atom stereocenters. The van der Waals surface area contributed by atoms with Gasteiger partial charge in [0.15, 0.2) is 0 Å². The monoisotopic (exact) mass is 180 g/mol. The van der Waals surface area contributed by atoms with Crippen molar-refractivity contribution in [1.82, 2.24) is 0 Å². The van der Waals surface area contributed by atoms with E-state index in [0.717, 1.165) is 16.7 Å². The van der Waals surface area contributed by atoms with Crippen LogP contribution >= 0.6 is 0 Å². The quantitative estimate of drug-likeness (QED) is 0.371. The van der Waals surface area contributed by atoms with Gasteiger partial charge >= 0.3 is 0 Å². The summed E-state index contributed by atoms with van der Waals surface area (Å²) in [6, 6.07) is 9.95. The van der Waals surface area contributed by atoms with Crippen LogP contribution in [0.15, 0.2) is 54.3 Å². The van der Waals surface area contributed by atoms with E-state index in [0.29, 0.717) is 0 Å². The molecule has 68 valence electrons. The summed E-state index contributed by atoms with van der Waals surface area (Å²) in [5, 5.41) is 0. The van der Waals surface area contributed by atoms with Crippen LogP contribution in [0.4, 0.5) is 0 Å². The maximum Gasteiger partial charge on any atom is 0.0239 e. The third-order valence-corrected chi connectivity index (χ3v) is 1.86. The van der Waals surface area contributed by atoms with Gasteiger partial charge in [0, 0.05) is 5.57 Å². The second-order valence-electron chi connectivity index (χ2n) is 2.93. The molecule has 0 bridgehead atoms. The van der Waals surface area contributed by atoms with Crippen molar-refractivity contribution < 1.29 is 0 Å². The zero-order valence-electron chi connectivity index (χ0n) is 8.25. The Morgan fingerprint density at radius 3 is 2.50 bits per heavy atom. The first-order chi connectivity index (χ1) is 6.77. The molecule has 0 heterocycles. The molecule has 14 heavy (non-hydrogen) atoms. The number of hydrogen-bond donors (Lipinski definition) is 0. The molecule has 0 radical (unpaired) electrons. The molecule has 0 amide bonds. The molecule has 0 aromatic heterocycles. The predicted molar refractivity (Wildman–Crippen MR) is 61.6 cm³/mol. The van der Waals surface area contributed by atoms with E-state index >= 15 is 0 Å². The van der Waals surface area contributed by atoms with Crippen molar-refractivity contribution in [2.24, 2.45) is 0 Å². The highest BCUT2D eigenvalue weighted by molar-refractivity contribution is 5.74. The van der Waals surface area contributed by atoms with E-state index in [2.05, 4.69) is 18.2 Å². The van der Waals surface area contributed by atoms with Crippen molar-refractivity contribution in [2.75, 3.05) is 0 Å². The molecule has 0 fully saturated rings. The van der Waals surface area contributed by atoms with Crippen LogP contribution in [0.2, 0.25) is 0 Å². The first kappa shape index (κ1) is 10.1. The molecule has 0 nitrogen and oxygen atoms in total. The molecule has 0 N–H and O–H groups in total. The highest BCUT2D eigenvalue weighted by Gasteiger charge is 1.95. The Kier molecular flexibility index (Phi) is 3.56. The molecular weight excluding hydrogens is 168 g/mol. The lowest BCUT2D eigenvalue weighted by Crippen LogP contribution is -1.79. The van der Waals surface area contributed by atoms with Gasteiger partial charge in [-0.2, -0.15) is 0 Å². The maximum absolute atomic E-state index is 5.27. The van der Waals surface area contributed by atoms with E-state index in [4.69, 9.17) is 6.42 Å². The molecule has 0 saturated heterocycles. The Morgan fingerprint density at radius 2 is 2.00 bits per heavy atom. The summed E-state index contributed by atoms with van der Waals surface area (Å²) in [6.07, 6.45) is 7.18. The van der Waals surface area contributed by atoms with Crippen LogP contribution in [0.25, 0.3) is 5.57 Å². The number of allylic oxidation sites excluding steroid dienone is 3. The fourth-order valence-electron chi connectivity index (χ4n) is 1.11. The molecule has 0 aliphatic rings. The van der Waals surface area contributed by atoms with Gasteiger partial charge in [0.25, 0.3) is 0 Å². The number of rotatable bonds is 2. The topological polar surface area (TPSA) is 0 Å². The third kappa shape index (κ3) is 2.52. The van der Waals surface area contributed by atoms with E-state index in [9.17, 15) is 0 Å². The van der Waals surface area contributed by atoms with Gasteiger partial charge < -0.3 is 0 Å². The highest BCUT2D eigenvalue weighted by atomic mass is 14.0. The van der Waals surface area contributed by atoms with Crippen LogP contribution in [-0.2, 0) is 0 Å². The summed E-state index contributed by atoms with van der Waals surface area (Å²) in [5.41, 5.74) is 5.77. The van der Waals surface area contributed by atoms with Gasteiger partial charge in [0.2, 0.25) is 0 Å². The van der Waals surface area contributed by atoms with Gasteiger partial charge in [-0.3, -0.25) is 0 Å². The lowest BCUT2D eigenvalue weighted by Gasteiger charge is -1.99. The van der Waals surface area contributed by atoms with Gasteiger partial charge in [0.1, 0.15) is 0 Å². The van der Waals surface area contributed by atoms with Crippen LogP contribution in [0, 0.1) is 12.3 Å². The summed E-state index contributed by atoms with van der Waals surface area (Å²) >= 11 is 0. The van der Waals surface area contributed by atoms with Gasteiger partial charge in [0.05, 0.1) is 0 Å². The third-order valence-electron chi connectivity index (χ3n) is 1.86. The van der Waals surface area contributed by atoms with E-state index in [-0.39, 0.29) is 0 Å². The fourth-order valence-corrected chi connectivity index (χ4v) is 1.11. The highest BCUT2D eigenvalue weighted by Crippen LogP contribution is 2.15. The minimum atomic E-state index is 0.875. The summed E-state index contributed by atoms with van der Waals surface area (Å²) in [7, 11) is 0. The molecule has 0 saturated carbocycles. The first-order valence-electron chi connectivity index (χ1n) is 4.38. The Morgan fingerprint density at radius 1 is 1.36 bits per heavy atom. The minimum absolute atomic E-state index is 0.875. The van der Waals surface area contributed by atoms with E-state index in [1.807, 2.05) is 43.3 Å². The lowest BCUT2D eigenvalue weighted by molar-refractivity contribution is 1.56. The molecule has 0 unspecified atom stereocenters. The van der Waals surface area contributed by atoms with Crippen LogP contribution in [0.1, 0.15) is 12.5 Å². The summed E-state index contributed by atoms with van der Waals surface area (Å²) in [4.78, 5) is 0. The Balaban J connectivity index is 3.10. The second-order valence-corrected chi connectivity index (χ2v) is 2.93. The Bertz CT molecular complexity index is 421.